The van der Waals surface area contributed by atoms with E-state index in [4.69, 9.17) is 4.74 Å². The second-order valence-electron chi connectivity index (χ2n) is 6.87. The molecule has 0 aromatic heterocycles. The van der Waals surface area contributed by atoms with Crippen LogP contribution in [0.5, 0.6) is 0 Å². The van der Waals surface area contributed by atoms with Crippen molar-refractivity contribution in [2.24, 2.45) is 0 Å². The van der Waals surface area contributed by atoms with Gasteiger partial charge in [0.15, 0.2) is 0 Å². The predicted molar refractivity (Wildman–Crippen MR) is 111 cm³/mol. The molecule has 2 aromatic carbocycles. The van der Waals surface area contributed by atoms with Crippen LogP contribution in [0.2, 0.25) is 0 Å². The van der Waals surface area contributed by atoms with Gasteiger partial charge in [0.2, 0.25) is 6.41 Å². The number of hydrogen-bond acceptors (Lipinski definition) is 3. The highest BCUT2D eigenvalue weighted by Crippen LogP contribution is 2.36. The zero-order valence-corrected chi connectivity index (χ0v) is 16.5. The lowest BCUT2D eigenvalue weighted by molar-refractivity contribution is -0.109. The number of amides is 1. The van der Waals surface area contributed by atoms with Gasteiger partial charge in [0, 0.05) is 25.0 Å². The van der Waals surface area contributed by atoms with Crippen LogP contribution in [0, 0.1) is 0 Å². The molecule has 0 spiro atoms. The minimum absolute atomic E-state index is 0. The third kappa shape index (κ3) is 5.55. The number of hydrogen-bond donors (Lipinski definition) is 1. The highest BCUT2D eigenvalue weighted by atomic mass is 35.5. The maximum Gasteiger partial charge on any atom is 0.207 e. The number of nitrogens with one attached hydrogen (secondary N) is 1. The van der Waals surface area contributed by atoms with Gasteiger partial charge < -0.3 is 10.1 Å². The monoisotopic (exact) mass is 388 g/mol. The van der Waals surface area contributed by atoms with Crippen molar-refractivity contribution in [2.75, 3.05) is 39.4 Å². The fourth-order valence-corrected chi connectivity index (χ4v) is 3.91. The summed E-state index contributed by atoms with van der Waals surface area (Å²) in [7, 11) is 0. The summed E-state index contributed by atoms with van der Waals surface area (Å²) in [5, 5.41) is 2.96. The number of nitrogens with zero attached hydrogens (tertiary/aromatic N) is 1. The Kier molecular flexibility index (Phi) is 8.79. The van der Waals surface area contributed by atoms with Crippen molar-refractivity contribution >= 4 is 18.8 Å². The molecule has 5 heteroatoms. The molecule has 0 radical (unpaired) electrons. The van der Waals surface area contributed by atoms with Gasteiger partial charge in [0.05, 0.1) is 13.2 Å². The Hall–Kier alpha value is -1.88. The Balaban J connectivity index is 0.00000261. The SMILES string of the molecule is Cl.O=CNCC(CCCN1CCOCC1)(c1ccccc1)c1ccccc1. The van der Waals surface area contributed by atoms with Crippen molar-refractivity contribution in [1.29, 1.82) is 0 Å². The minimum atomic E-state index is -0.213. The van der Waals surface area contributed by atoms with E-state index in [1.54, 1.807) is 0 Å². The number of ether oxygens (including phenoxy) is 1. The predicted octanol–water partition coefficient (Wildman–Crippen LogP) is 3.25. The maximum absolute atomic E-state index is 11.1. The number of rotatable bonds is 9. The van der Waals surface area contributed by atoms with E-state index < -0.39 is 0 Å². The molecular formula is C22H29ClN2O2. The Morgan fingerprint density at radius 3 is 2.04 bits per heavy atom. The minimum Gasteiger partial charge on any atom is -0.379 e. The first-order valence-electron chi connectivity index (χ1n) is 9.43. The van der Waals surface area contributed by atoms with Crippen molar-refractivity contribution in [1.82, 2.24) is 10.2 Å². The molecule has 2 aromatic rings. The topological polar surface area (TPSA) is 41.6 Å². The number of morpholine rings is 1. The van der Waals surface area contributed by atoms with Crippen molar-refractivity contribution < 1.29 is 9.53 Å². The molecule has 0 saturated carbocycles. The first-order valence-corrected chi connectivity index (χ1v) is 9.43. The fraction of sp³-hybridized carbons (Fsp3) is 0.409. The second-order valence-corrected chi connectivity index (χ2v) is 6.87. The molecule has 1 saturated heterocycles. The largest absolute Gasteiger partial charge is 0.379 e. The highest BCUT2D eigenvalue weighted by molar-refractivity contribution is 5.85. The number of carbonyl (C=O) groups excluding carboxylic acids is 1. The Bertz CT molecular complexity index is 621. The van der Waals surface area contributed by atoms with Gasteiger partial charge >= 0.3 is 0 Å². The van der Waals surface area contributed by atoms with E-state index in [-0.39, 0.29) is 17.8 Å². The molecule has 0 bridgehead atoms. The average Bonchev–Trinajstić information content (AvgIpc) is 2.73. The molecule has 146 valence electrons. The molecule has 0 aliphatic carbocycles. The van der Waals surface area contributed by atoms with Crippen LogP contribution >= 0.6 is 12.4 Å². The zero-order valence-electron chi connectivity index (χ0n) is 15.7. The molecule has 1 N–H and O–H groups in total. The van der Waals surface area contributed by atoms with E-state index in [0.29, 0.717) is 6.54 Å². The molecule has 1 aliphatic rings. The lowest BCUT2D eigenvalue weighted by Gasteiger charge is -2.36. The first-order chi connectivity index (χ1) is 12.8. The summed E-state index contributed by atoms with van der Waals surface area (Å²) in [5.41, 5.74) is 2.29. The van der Waals surface area contributed by atoms with Crippen LogP contribution in [0.3, 0.4) is 0 Å². The Morgan fingerprint density at radius 1 is 0.963 bits per heavy atom. The van der Waals surface area contributed by atoms with Crippen LogP contribution < -0.4 is 5.32 Å². The lowest BCUT2D eigenvalue weighted by atomic mass is 9.71. The van der Waals surface area contributed by atoms with E-state index in [1.807, 2.05) is 12.1 Å². The zero-order chi connectivity index (χ0) is 18.1. The van der Waals surface area contributed by atoms with Crippen LogP contribution in [0.4, 0.5) is 0 Å². The number of halogens is 1. The molecule has 3 rings (SSSR count). The molecule has 4 nitrogen and oxygen atoms in total. The summed E-state index contributed by atoms with van der Waals surface area (Å²) in [6.45, 7) is 5.34. The molecule has 27 heavy (non-hydrogen) atoms. The molecule has 1 aliphatic heterocycles. The quantitative estimate of drug-likeness (QED) is 0.670. The van der Waals surface area contributed by atoms with Crippen molar-refractivity contribution in [3.05, 3.63) is 71.8 Å². The summed E-state index contributed by atoms with van der Waals surface area (Å²) in [6, 6.07) is 21.1. The van der Waals surface area contributed by atoms with Crippen molar-refractivity contribution in [3.63, 3.8) is 0 Å². The van der Waals surface area contributed by atoms with Gasteiger partial charge in [-0.2, -0.15) is 0 Å². The van der Waals surface area contributed by atoms with Crippen molar-refractivity contribution in [3.8, 4) is 0 Å². The number of carbonyl (C=O) groups is 1. The molecule has 1 amide bonds. The van der Waals surface area contributed by atoms with E-state index in [0.717, 1.165) is 52.1 Å². The van der Waals surface area contributed by atoms with Gasteiger partial charge in [-0.25, -0.2) is 0 Å². The van der Waals surface area contributed by atoms with Crippen LogP contribution in [0.1, 0.15) is 24.0 Å². The van der Waals surface area contributed by atoms with Gasteiger partial charge in [-0.3, -0.25) is 9.69 Å². The standard InChI is InChI=1S/C22H28N2O2.ClH/c25-19-23-18-22(20-8-3-1-4-9-20,21-10-5-2-6-11-21)12-7-13-24-14-16-26-17-15-24;/h1-6,8-11,19H,7,12-18H2,(H,23,25);1H. The molecular weight excluding hydrogens is 360 g/mol. The van der Waals surface area contributed by atoms with Gasteiger partial charge in [0.1, 0.15) is 0 Å². The smallest absolute Gasteiger partial charge is 0.207 e. The van der Waals surface area contributed by atoms with Crippen LogP contribution in [0.25, 0.3) is 0 Å². The summed E-state index contributed by atoms with van der Waals surface area (Å²) in [4.78, 5) is 13.6. The summed E-state index contributed by atoms with van der Waals surface area (Å²) in [5.74, 6) is 0. The number of benzene rings is 2. The third-order valence-corrected chi connectivity index (χ3v) is 5.32. The fourth-order valence-electron chi connectivity index (χ4n) is 3.91. The third-order valence-electron chi connectivity index (χ3n) is 5.32. The molecule has 1 heterocycles. The van der Waals surface area contributed by atoms with E-state index in [1.165, 1.54) is 11.1 Å². The second kappa shape index (κ2) is 11.1. The van der Waals surface area contributed by atoms with Gasteiger partial charge in [0.25, 0.3) is 0 Å². The van der Waals surface area contributed by atoms with Crippen molar-refractivity contribution in [2.45, 2.75) is 18.3 Å². The van der Waals surface area contributed by atoms with Crippen LogP contribution in [0.15, 0.2) is 60.7 Å². The molecule has 1 fully saturated rings. The van der Waals surface area contributed by atoms with E-state index in [9.17, 15) is 4.79 Å². The van der Waals surface area contributed by atoms with E-state index in [2.05, 4.69) is 58.7 Å². The molecule has 0 atom stereocenters. The summed E-state index contributed by atoms with van der Waals surface area (Å²) >= 11 is 0. The summed E-state index contributed by atoms with van der Waals surface area (Å²) in [6.07, 6.45) is 2.87. The van der Waals surface area contributed by atoms with Crippen LogP contribution in [-0.2, 0) is 14.9 Å². The first kappa shape index (κ1) is 21.4. The van der Waals surface area contributed by atoms with Crippen LogP contribution in [-0.4, -0.2) is 50.7 Å². The van der Waals surface area contributed by atoms with E-state index >= 15 is 0 Å². The Labute approximate surface area is 168 Å². The highest BCUT2D eigenvalue weighted by Gasteiger charge is 2.33. The normalized spacial score (nSPS) is 15.0. The average molecular weight is 389 g/mol. The maximum atomic E-state index is 11.1. The lowest BCUT2D eigenvalue weighted by Crippen LogP contribution is -2.41. The summed E-state index contributed by atoms with van der Waals surface area (Å²) < 4.78 is 5.45. The Morgan fingerprint density at radius 2 is 1.52 bits per heavy atom. The molecule has 0 unspecified atom stereocenters. The van der Waals surface area contributed by atoms with Gasteiger partial charge in [-0.05, 0) is 30.5 Å². The van der Waals surface area contributed by atoms with Gasteiger partial charge in [-0.1, -0.05) is 60.7 Å². The van der Waals surface area contributed by atoms with Gasteiger partial charge in [-0.15, -0.1) is 12.4 Å².